The fourth-order valence-corrected chi connectivity index (χ4v) is 19.1. The molecular weight excluding hydrogens is 640 g/mol. The molecule has 0 heterocycles. The molecule has 0 aromatic carbocycles. The second-order valence-corrected chi connectivity index (χ2v) is 22.8. The van der Waals surface area contributed by atoms with Crippen molar-refractivity contribution in [1.29, 1.82) is 0 Å². The molecule has 228 valence electrons. The molecule has 16 bridgehead atoms. The highest BCUT2D eigenvalue weighted by Crippen LogP contribution is 2.68. The first-order chi connectivity index (χ1) is 20.3. The molecule has 16 aliphatic carbocycles. The smallest absolute Gasteiger partial charge is 0.0272 e. The Morgan fingerprint density at radius 1 is 0.286 bits per heavy atom. The molecule has 16 saturated carbocycles. The molecule has 16 aliphatic rings. The topological polar surface area (TPSA) is 0 Å². The summed E-state index contributed by atoms with van der Waals surface area (Å²) in [7, 11) is 0. The molecule has 42 heavy (non-hydrogen) atoms. The lowest BCUT2D eigenvalue weighted by atomic mass is 9.48. The summed E-state index contributed by atoms with van der Waals surface area (Å²) in [5.74, 6) is 14.8. The third-order valence-electron chi connectivity index (χ3n) is 16.7. The molecule has 0 aromatic heterocycles. The molecule has 0 saturated heterocycles. The van der Waals surface area contributed by atoms with Crippen LogP contribution in [0.4, 0.5) is 0 Å². The fraction of sp³-hybridized carbons (Fsp3) is 0.900. The third kappa shape index (κ3) is 3.93. The molecule has 0 nitrogen and oxygen atoms in total. The highest BCUT2D eigenvalue weighted by atomic mass is 79.9. The second-order valence-electron chi connectivity index (χ2n) is 19.4. The van der Waals surface area contributed by atoms with Crippen LogP contribution >= 0.6 is 31.9 Å². The molecule has 4 atom stereocenters. The number of halogens is 2. The van der Waals surface area contributed by atoms with Crippen LogP contribution in [0.3, 0.4) is 0 Å². The van der Waals surface area contributed by atoms with E-state index in [2.05, 4.69) is 43.0 Å². The number of alkyl halides is 2. The highest BCUT2D eigenvalue weighted by Gasteiger charge is 2.58. The number of hydrogen-bond acceptors (Lipinski definition) is 0. The summed E-state index contributed by atoms with van der Waals surface area (Å²) in [6.07, 6.45) is 30.9. The van der Waals surface area contributed by atoms with Crippen LogP contribution in [0.1, 0.15) is 128 Å². The van der Waals surface area contributed by atoms with Gasteiger partial charge in [-0.2, -0.15) is 0 Å². The Kier molecular flexibility index (Phi) is 5.72. The Morgan fingerprint density at radius 2 is 0.524 bits per heavy atom. The van der Waals surface area contributed by atoms with Gasteiger partial charge in [0.2, 0.25) is 0 Å². The maximum absolute atomic E-state index is 4.17. The van der Waals surface area contributed by atoms with Gasteiger partial charge in [-0.05, 0) is 211 Å². The van der Waals surface area contributed by atoms with Gasteiger partial charge >= 0.3 is 0 Å². The van der Waals surface area contributed by atoms with E-state index in [1.54, 1.807) is 64.2 Å². The molecular formula is C40H54Br2. The van der Waals surface area contributed by atoms with Crippen molar-refractivity contribution < 1.29 is 0 Å². The number of rotatable bonds is 0. The van der Waals surface area contributed by atoms with Gasteiger partial charge in [0.25, 0.3) is 0 Å². The lowest BCUT2D eigenvalue weighted by molar-refractivity contribution is 0.0416. The minimum atomic E-state index is 0.538. The minimum Gasteiger partial charge on any atom is -0.0853 e. The Labute approximate surface area is 272 Å². The standard InChI is InChI=1S/C20H26Br2.C20H28/c21-19-5-11-1-13(7-19)17(14(2-11)8-19)18-15-3-12-4-16(18)10-20(22,6-12)9-15;1-11-3-15-5-12(1)6-16(4-11)19(15)20-17-7-13-2-14(9-17)10-18(20)8-13/h11-16H,1-10H2;11-18H,1-10H2. The molecule has 0 aromatic rings. The average Bonchev–Trinajstić information content (AvgIpc) is 2.89. The summed E-state index contributed by atoms with van der Waals surface area (Å²) in [4.78, 5) is 0. The summed E-state index contributed by atoms with van der Waals surface area (Å²) in [5.41, 5.74) is 8.28. The van der Waals surface area contributed by atoms with Crippen LogP contribution < -0.4 is 0 Å². The van der Waals surface area contributed by atoms with Gasteiger partial charge in [-0.25, -0.2) is 0 Å². The van der Waals surface area contributed by atoms with Gasteiger partial charge in [0.05, 0.1) is 0 Å². The zero-order valence-corrected chi connectivity index (χ0v) is 29.2. The van der Waals surface area contributed by atoms with Crippen molar-refractivity contribution in [3.63, 3.8) is 0 Å². The van der Waals surface area contributed by atoms with Crippen LogP contribution in [0.5, 0.6) is 0 Å². The van der Waals surface area contributed by atoms with E-state index in [9.17, 15) is 0 Å². The summed E-state index contributed by atoms with van der Waals surface area (Å²) >= 11 is 8.33. The quantitative estimate of drug-likeness (QED) is 0.175. The van der Waals surface area contributed by atoms with Gasteiger partial charge < -0.3 is 0 Å². The number of hydrogen-bond donors (Lipinski definition) is 0. The van der Waals surface area contributed by atoms with Crippen molar-refractivity contribution in [2.75, 3.05) is 0 Å². The lowest BCUT2D eigenvalue weighted by Gasteiger charge is -2.61. The molecule has 16 fully saturated rings. The molecule has 0 amide bonds. The maximum Gasteiger partial charge on any atom is 0.0272 e. The first-order valence-corrected chi connectivity index (χ1v) is 20.8. The molecule has 0 spiro atoms. The fourth-order valence-electron chi connectivity index (χ4n) is 16.7. The van der Waals surface area contributed by atoms with Gasteiger partial charge in [-0.15, -0.1) is 0 Å². The first kappa shape index (κ1) is 26.5. The molecule has 0 radical (unpaired) electrons. The predicted octanol–water partition coefficient (Wildman–Crippen LogP) is 11.4. The van der Waals surface area contributed by atoms with Crippen molar-refractivity contribution in [1.82, 2.24) is 0 Å². The Hall–Kier alpha value is 0.440. The van der Waals surface area contributed by atoms with Gasteiger partial charge in [0.1, 0.15) is 0 Å². The number of allylic oxidation sites excluding steroid dienone is 4. The van der Waals surface area contributed by atoms with E-state index in [0.29, 0.717) is 8.65 Å². The largest absolute Gasteiger partial charge is 0.0853 e. The van der Waals surface area contributed by atoms with Crippen molar-refractivity contribution in [2.45, 2.75) is 137 Å². The third-order valence-corrected chi connectivity index (χ3v) is 18.6. The van der Waals surface area contributed by atoms with E-state index in [0.717, 1.165) is 82.9 Å². The van der Waals surface area contributed by atoms with E-state index in [-0.39, 0.29) is 0 Å². The van der Waals surface area contributed by atoms with E-state index in [1.807, 2.05) is 11.1 Å². The summed E-state index contributed by atoms with van der Waals surface area (Å²) in [6, 6.07) is 0. The predicted molar refractivity (Wildman–Crippen MR) is 179 cm³/mol. The lowest BCUT2D eigenvalue weighted by Crippen LogP contribution is -2.52. The van der Waals surface area contributed by atoms with Crippen LogP contribution in [0.15, 0.2) is 22.3 Å². The van der Waals surface area contributed by atoms with Gasteiger partial charge in [-0.1, -0.05) is 54.2 Å². The second kappa shape index (κ2) is 9.07. The Balaban J connectivity index is 0.000000108. The maximum atomic E-state index is 4.17. The SMILES string of the molecule is BrC12CC3CC(C1)C(=C1C4CC5CC1CC(Br)(C5)C4)C(C3)C2.C1C2CC3CC1CC(C2)C3=C1C2CC3CC(C2)CC1C3. The molecule has 2 heteroatoms. The molecule has 4 unspecified atom stereocenters. The average molecular weight is 695 g/mol. The van der Waals surface area contributed by atoms with E-state index < -0.39 is 0 Å². The summed E-state index contributed by atoms with van der Waals surface area (Å²) < 4.78 is 1.08. The van der Waals surface area contributed by atoms with Crippen LogP contribution in [0.25, 0.3) is 0 Å². The zero-order valence-electron chi connectivity index (χ0n) is 26.0. The summed E-state index contributed by atoms with van der Waals surface area (Å²) in [5, 5.41) is 0. The molecule has 0 N–H and O–H groups in total. The van der Waals surface area contributed by atoms with Crippen LogP contribution in [-0.4, -0.2) is 8.65 Å². The molecule has 16 rings (SSSR count). The van der Waals surface area contributed by atoms with Crippen LogP contribution in [-0.2, 0) is 0 Å². The first-order valence-electron chi connectivity index (χ1n) is 19.2. The molecule has 0 aliphatic heterocycles. The Bertz CT molecular complexity index is 1060. The van der Waals surface area contributed by atoms with Gasteiger partial charge in [0, 0.05) is 8.65 Å². The van der Waals surface area contributed by atoms with Crippen LogP contribution in [0, 0.1) is 82.9 Å². The van der Waals surface area contributed by atoms with Crippen LogP contribution in [0.2, 0.25) is 0 Å². The van der Waals surface area contributed by atoms with Gasteiger partial charge in [0.15, 0.2) is 0 Å². The van der Waals surface area contributed by atoms with Crippen molar-refractivity contribution in [3.05, 3.63) is 22.3 Å². The van der Waals surface area contributed by atoms with E-state index >= 15 is 0 Å². The van der Waals surface area contributed by atoms with Crippen molar-refractivity contribution >= 4 is 31.9 Å². The van der Waals surface area contributed by atoms with Crippen molar-refractivity contribution in [3.8, 4) is 0 Å². The Morgan fingerprint density at radius 3 is 0.786 bits per heavy atom. The normalized spacial score (nSPS) is 60.1. The highest BCUT2D eigenvalue weighted by molar-refractivity contribution is 9.10. The minimum absolute atomic E-state index is 0.538. The van der Waals surface area contributed by atoms with Gasteiger partial charge in [-0.3, -0.25) is 0 Å². The monoisotopic (exact) mass is 692 g/mol. The zero-order chi connectivity index (χ0) is 27.5. The summed E-state index contributed by atoms with van der Waals surface area (Å²) in [6.45, 7) is 0. The van der Waals surface area contributed by atoms with Crippen molar-refractivity contribution in [2.24, 2.45) is 82.9 Å². The van der Waals surface area contributed by atoms with E-state index in [4.69, 9.17) is 0 Å². The van der Waals surface area contributed by atoms with E-state index in [1.165, 1.54) is 64.2 Å².